The molecule has 1 unspecified atom stereocenters. The molecule has 4 rings (SSSR count). The van der Waals surface area contributed by atoms with E-state index in [0.29, 0.717) is 23.7 Å². The molecule has 5 nitrogen and oxygen atoms in total. The third-order valence-electron chi connectivity index (χ3n) is 5.62. The highest BCUT2D eigenvalue weighted by Crippen LogP contribution is 2.32. The number of esters is 1. The SMILES string of the molecule is CC(=O)OC(C(=O)N1CCN(c2ccccc2)CC1)c1ccccc1-c1ccc(Cl)cc1.Cl. The van der Waals surface area contributed by atoms with E-state index in [1.165, 1.54) is 6.92 Å². The molecule has 172 valence electrons. The number of halogens is 2. The van der Waals surface area contributed by atoms with Gasteiger partial charge in [-0.1, -0.05) is 66.2 Å². The number of hydrogen-bond donors (Lipinski definition) is 0. The van der Waals surface area contributed by atoms with Gasteiger partial charge in [-0.25, -0.2) is 0 Å². The zero-order valence-corrected chi connectivity index (χ0v) is 19.9. The van der Waals surface area contributed by atoms with Gasteiger partial charge in [0.2, 0.25) is 6.10 Å². The lowest BCUT2D eigenvalue weighted by Gasteiger charge is -2.37. The van der Waals surface area contributed by atoms with Crippen LogP contribution in [-0.4, -0.2) is 43.0 Å². The number of amides is 1. The highest BCUT2D eigenvalue weighted by molar-refractivity contribution is 6.30. The van der Waals surface area contributed by atoms with Crippen molar-refractivity contribution >= 4 is 41.6 Å². The van der Waals surface area contributed by atoms with Crippen LogP contribution in [0.4, 0.5) is 5.69 Å². The van der Waals surface area contributed by atoms with Gasteiger partial charge < -0.3 is 14.5 Å². The Morgan fingerprint density at radius 2 is 1.45 bits per heavy atom. The maximum atomic E-state index is 13.5. The predicted octanol–water partition coefficient (Wildman–Crippen LogP) is 5.38. The van der Waals surface area contributed by atoms with E-state index in [1.807, 2.05) is 54.6 Å². The number of benzene rings is 3. The number of hydrogen-bond acceptors (Lipinski definition) is 4. The van der Waals surface area contributed by atoms with Crippen molar-refractivity contribution in [2.75, 3.05) is 31.1 Å². The van der Waals surface area contributed by atoms with Gasteiger partial charge in [-0.3, -0.25) is 9.59 Å². The molecule has 1 saturated heterocycles. The summed E-state index contributed by atoms with van der Waals surface area (Å²) in [5.74, 6) is -0.688. The lowest BCUT2D eigenvalue weighted by atomic mass is 9.95. The Morgan fingerprint density at radius 1 is 0.848 bits per heavy atom. The van der Waals surface area contributed by atoms with Crippen molar-refractivity contribution in [3.8, 4) is 11.1 Å². The Hall–Kier alpha value is -3.02. The van der Waals surface area contributed by atoms with Crippen LogP contribution in [0.2, 0.25) is 5.02 Å². The number of piperazine rings is 1. The van der Waals surface area contributed by atoms with Crippen molar-refractivity contribution in [2.24, 2.45) is 0 Å². The van der Waals surface area contributed by atoms with Crippen LogP contribution in [0.25, 0.3) is 11.1 Å². The molecule has 0 saturated carbocycles. The summed E-state index contributed by atoms with van der Waals surface area (Å²) in [4.78, 5) is 29.5. The van der Waals surface area contributed by atoms with Crippen molar-refractivity contribution in [2.45, 2.75) is 13.0 Å². The van der Waals surface area contributed by atoms with Gasteiger partial charge in [-0.2, -0.15) is 0 Å². The van der Waals surface area contributed by atoms with Crippen LogP contribution in [0.15, 0.2) is 78.9 Å². The summed E-state index contributed by atoms with van der Waals surface area (Å²) in [6, 6.07) is 25.1. The summed E-state index contributed by atoms with van der Waals surface area (Å²) < 4.78 is 5.58. The highest BCUT2D eigenvalue weighted by atomic mass is 35.5. The smallest absolute Gasteiger partial charge is 0.303 e. The fraction of sp³-hybridized carbons (Fsp3) is 0.231. The third kappa shape index (κ3) is 5.86. The number of para-hydroxylation sites is 1. The van der Waals surface area contributed by atoms with Crippen molar-refractivity contribution in [3.63, 3.8) is 0 Å². The molecule has 1 aliphatic heterocycles. The maximum absolute atomic E-state index is 13.5. The molecule has 7 heteroatoms. The van der Waals surface area contributed by atoms with E-state index in [4.69, 9.17) is 16.3 Å². The minimum Gasteiger partial charge on any atom is -0.447 e. The molecule has 1 aliphatic rings. The largest absolute Gasteiger partial charge is 0.447 e. The van der Waals surface area contributed by atoms with Crippen molar-refractivity contribution in [1.29, 1.82) is 0 Å². The first-order valence-corrected chi connectivity index (χ1v) is 11.0. The molecule has 1 atom stereocenters. The molecular formula is C26H26Cl2N2O3. The first-order valence-electron chi connectivity index (χ1n) is 10.6. The molecule has 3 aromatic rings. The van der Waals surface area contributed by atoms with E-state index in [9.17, 15) is 9.59 Å². The van der Waals surface area contributed by atoms with Gasteiger partial charge in [-0.15, -0.1) is 12.4 Å². The monoisotopic (exact) mass is 484 g/mol. The Balaban J connectivity index is 0.00000306. The maximum Gasteiger partial charge on any atom is 0.303 e. The number of nitrogens with zero attached hydrogens (tertiary/aromatic N) is 2. The lowest BCUT2D eigenvalue weighted by molar-refractivity contribution is -0.159. The van der Waals surface area contributed by atoms with Crippen LogP contribution in [-0.2, 0) is 14.3 Å². The first kappa shape index (κ1) is 24.6. The second-order valence-corrected chi connectivity index (χ2v) is 8.17. The van der Waals surface area contributed by atoms with Crippen LogP contribution in [0.1, 0.15) is 18.6 Å². The Kier molecular flexibility index (Phi) is 8.37. The molecule has 3 aromatic carbocycles. The molecule has 0 N–H and O–H groups in total. The van der Waals surface area contributed by atoms with Crippen LogP contribution >= 0.6 is 24.0 Å². The Labute approximate surface area is 205 Å². The average Bonchev–Trinajstić information content (AvgIpc) is 2.83. The Bertz CT molecular complexity index is 1080. The summed E-state index contributed by atoms with van der Waals surface area (Å²) >= 11 is 6.04. The third-order valence-corrected chi connectivity index (χ3v) is 5.87. The van der Waals surface area contributed by atoms with E-state index >= 15 is 0 Å². The van der Waals surface area contributed by atoms with E-state index in [0.717, 1.165) is 29.9 Å². The molecule has 0 spiro atoms. The fourth-order valence-electron chi connectivity index (χ4n) is 4.02. The van der Waals surface area contributed by atoms with E-state index < -0.39 is 12.1 Å². The second kappa shape index (κ2) is 11.2. The van der Waals surface area contributed by atoms with Gasteiger partial charge >= 0.3 is 5.97 Å². The normalized spacial score (nSPS) is 14.2. The summed E-state index contributed by atoms with van der Waals surface area (Å²) in [5, 5.41) is 0.634. The number of anilines is 1. The predicted molar refractivity (Wildman–Crippen MR) is 134 cm³/mol. The molecule has 1 heterocycles. The van der Waals surface area contributed by atoms with Gasteiger partial charge in [0.1, 0.15) is 0 Å². The van der Waals surface area contributed by atoms with Crippen LogP contribution in [0, 0.1) is 0 Å². The van der Waals surface area contributed by atoms with Gasteiger partial charge in [0, 0.05) is 49.4 Å². The first-order chi connectivity index (χ1) is 15.5. The number of carbonyl (C=O) groups excluding carboxylic acids is 2. The molecule has 0 radical (unpaired) electrons. The van der Waals surface area contributed by atoms with Crippen LogP contribution < -0.4 is 4.90 Å². The van der Waals surface area contributed by atoms with Gasteiger partial charge in [0.25, 0.3) is 5.91 Å². The summed E-state index contributed by atoms with van der Waals surface area (Å²) in [5.41, 5.74) is 3.56. The van der Waals surface area contributed by atoms with Gasteiger partial charge in [0.15, 0.2) is 0 Å². The summed E-state index contributed by atoms with van der Waals surface area (Å²) in [7, 11) is 0. The van der Waals surface area contributed by atoms with Crippen LogP contribution in [0.3, 0.4) is 0 Å². The van der Waals surface area contributed by atoms with E-state index in [2.05, 4.69) is 17.0 Å². The zero-order chi connectivity index (χ0) is 22.5. The minimum absolute atomic E-state index is 0. The molecule has 0 bridgehead atoms. The fourth-order valence-corrected chi connectivity index (χ4v) is 4.15. The number of carbonyl (C=O) groups is 2. The van der Waals surface area contributed by atoms with Crippen molar-refractivity contribution in [1.82, 2.24) is 4.90 Å². The quantitative estimate of drug-likeness (QED) is 0.456. The topological polar surface area (TPSA) is 49.9 Å². The van der Waals surface area contributed by atoms with Crippen molar-refractivity contribution < 1.29 is 14.3 Å². The summed E-state index contributed by atoms with van der Waals surface area (Å²) in [6.45, 7) is 3.91. The zero-order valence-electron chi connectivity index (χ0n) is 18.3. The highest BCUT2D eigenvalue weighted by Gasteiger charge is 2.32. The van der Waals surface area contributed by atoms with Gasteiger partial charge in [-0.05, 0) is 35.4 Å². The van der Waals surface area contributed by atoms with E-state index in [1.54, 1.807) is 17.0 Å². The standard InChI is InChI=1S/C26H25ClN2O3.ClH/c1-19(30)32-25(24-10-6-5-9-23(24)20-11-13-21(27)14-12-20)26(31)29-17-15-28(16-18-29)22-7-3-2-4-8-22;/h2-14,25H,15-18H2,1H3;1H. The average molecular weight is 485 g/mol. The minimum atomic E-state index is -0.998. The molecule has 0 aromatic heterocycles. The Morgan fingerprint density at radius 3 is 2.09 bits per heavy atom. The van der Waals surface area contributed by atoms with E-state index in [-0.39, 0.29) is 18.3 Å². The second-order valence-electron chi connectivity index (χ2n) is 7.73. The molecule has 33 heavy (non-hydrogen) atoms. The lowest BCUT2D eigenvalue weighted by Crippen LogP contribution is -2.50. The van der Waals surface area contributed by atoms with Gasteiger partial charge in [0.05, 0.1) is 0 Å². The van der Waals surface area contributed by atoms with Crippen molar-refractivity contribution in [3.05, 3.63) is 89.4 Å². The van der Waals surface area contributed by atoms with Crippen LogP contribution in [0.5, 0.6) is 0 Å². The molecule has 1 amide bonds. The number of rotatable bonds is 5. The summed E-state index contributed by atoms with van der Waals surface area (Å²) in [6.07, 6.45) is -0.998. The number of ether oxygens (including phenoxy) is 1. The molecule has 0 aliphatic carbocycles. The molecule has 1 fully saturated rings. The molecular weight excluding hydrogens is 459 g/mol.